The van der Waals surface area contributed by atoms with Crippen LogP contribution in [0.15, 0.2) is 36.5 Å². The SMILES string of the molecule is CCCn1cccc1CNc1ccc2nc(C)sc2c1. The van der Waals surface area contributed by atoms with Gasteiger partial charge in [0.1, 0.15) is 0 Å². The molecule has 0 amide bonds. The molecule has 1 N–H and O–H groups in total. The molecule has 0 saturated carbocycles. The van der Waals surface area contributed by atoms with Crippen LogP contribution >= 0.6 is 11.3 Å². The van der Waals surface area contributed by atoms with Gasteiger partial charge < -0.3 is 9.88 Å². The number of benzene rings is 1. The second-order valence-corrected chi connectivity index (χ2v) is 6.20. The lowest BCUT2D eigenvalue weighted by Gasteiger charge is -2.10. The predicted molar refractivity (Wildman–Crippen MR) is 86.4 cm³/mol. The van der Waals surface area contributed by atoms with Gasteiger partial charge in [-0.25, -0.2) is 4.98 Å². The Kier molecular flexibility index (Phi) is 3.74. The minimum atomic E-state index is 0.857. The van der Waals surface area contributed by atoms with Gasteiger partial charge in [0.25, 0.3) is 0 Å². The fraction of sp³-hybridized carbons (Fsp3) is 0.312. The normalized spacial score (nSPS) is 11.1. The number of anilines is 1. The summed E-state index contributed by atoms with van der Waals surface area (Å²) in [7, 11) is 0. The number of nitrogens with zero attached hydrogens (tertiary/aromatic N) is 2. The largest absolute Gasteiger partial charge is 0.379 e. The Morgan fingerprint density at radius 1 is 1.30 bits per heavy atom. The second-order valence-electron chi connectivity index (χ2n) is 4.96. The van der Waals surface area contributed by atoms with Crippen LogP contribution in [-0.4, -0.2) is 9.55 Å². The van der Waals surface area contributed by atoms with Crippen LogP contribution in [0.25, 0.3) is 10.2 Å². The molecule has 0 saturated heterocycles. The van der Waals surface area contributed by atoms with E-state index < -0.39 is 0 Å². The summed E-state index contributed by atoms with van der Waals surface area (Å²) in [6.07, 6.45) is 3.31. The van der Waals surface area contributed by atoms with E-state index in [1.165, 1.54) is 10.4 Å². The molecule has 20 heavy (non-hydrogen) atoms. The molecule has 2 heterocycles. The van der Waals surface area contributed by atoms with Crippen molar-refractivity contribution in [1.82, 2.24) is 9.55 Å². The summed E-state index contributed by atoms with van der Waals surface area (Å²) >= 11 is 1.74. The predicted octanol–water partition coefficient (Wildman–Crippen LogP) is 4.43. The van der Waals surface area contributed by atoms with E-state index in [0.29, 0.717) is 0 Å². The molecular weight excluding hydrogens is 266 g/mol. The van der Waals surface area contributed by atoms with Gasteiger partial charge >= 0.3 is 0 Å². The van der Waals surface area contributed by atoms with Crippen LogP contribution in [0.4, 0.5) is 5.69 Å². The molecule has 0 fully saturated rings. The molecule has 0 unspecified atom stereocenters. The van der Waals surface area contributed by atoms with Crippen molar-refractivity contribution in [2.24, 2.45) is 0 Å². The van der Waals surface area contributed by atoms with E-state index in [9.17, 15) is 0 Å². The van der Waals surface area contributed by atoms with E-state index in [1.807, 2.05) is 0 Å². The molecule has 0 bridgehead atoms. The van der Waals surface area contributed by atoms with Gasteiger partial charge in [0.15, 0.2) is 0 Å². The van der Waals surface area contributed by atoms with Crippen molar-refractivity contribution in [3.63, 3.8) is 0 Å². The number of hydrogen-bond acceptors (Lipinski definition) is 3. The number of hydrogen-bond donors (Lipinski definition) is 1. The molecule has 0 aliphatic carbocycles. The van der Waals surface area contributed by atoms with E-state index in [-0.39, 0.29) is 0 Å². The van der Waals surface area contributed by atoms with E-state index >= 15 is 0 Å². The number of thiazole rings is 1. The lowest BCUT2D eigenvalue weighted by molar-refractivity contribution is 0.654. The highest BCUT2D eigenvalue weighted by Gasteiger charge is 2.03. The fourth-order valence-electron chi connectivity index (χ4n) is 2.41. The topological polar surface area (TPSA) is 29.9 Å². The number of fused-ring (bicyclic) bond motifs is 1. The van der Waals surface area contributed by atoms with E-state index in [4.69, 9.17) is 0 Å². The zero-order valence-electron chi connectivity index (χ0n) is 11.9. The van der Waals surface area contributed by atoms with Crippen LogP contribution in [0.1, 0.15) is 24.0 Å². The highest BCUT2D eigenvalue weighted by atomic mass is 32.1. The quantitative estimate of drug-likeness (QED) is 0.751. The monoisotopic (exact) mass is 285 g/mol. The molecule has 0 aliphatic rings. The van der Waals surface area contributed by atoms with Crippen molar-refractivity contribution in [1.29, 1.82) is 0 Å². The maximum Gasteiger partial charge on any atom is 0.0907 e. The van der Waals surface area contributed by atoms with Crippen LogP contribution < -0.4 is 5.32 Å². The van der Waals surface area contributed by atoms with Crippen molar-refractivity contribution in [2.75, 3.05) is 5.32 Å². The maximum atomic E-state index is 4.49. The third kappa shape index (κ3) is 2.70. The average molecular weight is 285 g/mol. The van der Waals surface area contributed by atoms with Crippen molar-refractivity contribution >= 4 is 27.2 Å². The molecule has 2 aromatic heterocycles. The molecular formula is C16H19N3S. The lowest BCUT2D eigenvalue weighted by Crippen LogP contribution is -2.06. The Labute approximate surface area is 123 Å². The number of rotatable bonds is 5. The Morgan fingerprint density at radius 2 is 2.20 bits per heavy atom. The third-order valence-electron chi connectivity index (χ3n) is 3.36. The average Bonchev–Trinajstić information content (AvgIpc) is 3.01. The van der Waals surface area contributed by atoms with Crippen molar-refractivity contribution in [3.05, 3.63) is 47.2 Å². The first-order valence-electron chi connectivity index (χ1n) is 7.01. The minimum absolute atomic E-state index is 0.857. The molecule has 3 rings (SSSR count). The molecule has 0 aliphatic heterocycles. The van der Waals surface area contributed by atoms with E-state index in [1.54, 1.807) is 11.3 Å². The molecule has 3 aromatic rings. The standard InChI is InChI=1S/C16H19N3S/c1-3-8-19-9-4-5-14(19)11-17-13-6-7-15-16(10-13)20-12(2)18-15/h4-7,9-10,17H,3,8,11H2,1-2H3. The lowest BCUT2D eigenvalue weighted by atomic mass is 10.3. The van der Waals surface area contributed by atoms with E-state index in [2.05, 4.69) is 65.2 Å². The van der Waals surface area contributed by atoms with Gasteiger partial charge in [-0.3, -0.25) is 0 Å². The van der Waals surface area contributed by atoms with Crippen LogP contribution in [0, 0.1) is 6.92 Å². The summed E-state index contributed by atoms with van der Waals surface area (Å²) in [6, 6.07) is 10.7. The molecule has 4 heteroatoms. The van der Waals surface area contributed by atoms with Gasteiger partial charge in [0.05, 0.1) is 21.8 Å². The number of aryl methyl sites for hydroxylation is 2. The zero-order chi connectivity index (χ0) is 13.9. The smallest absolute Gasteiger partial charge is 0.0907 e. The summed E-state index contributed by atoms with van der Waals surface area (Å²) < 4.78 is 3.55. The highest BCUT2D eigenvalue weighted by Crippen LogP contribution is 2.25. The van der Waals surface area contributed by atoms with Gasteiger partial charge in [0.2, 0.25) is 0 Å². The molecule has 0 spiro atoms. The molecule has 0 atom stereocenters. The van der Waals surface area contributed by atoms with Crippen LogP contribution in [-0.2, 0) is 13.1 Å². The van der Waals surface area contributed by atoms with Crippen molar-refractivity contribution < 1.29 is 0 Å². The van der Waals surface area contributed by atoms with Gasteiger partial charge in [0, 0.05) is 24.1 Å². The van der Waals surface area contributed by atoms with Crippen molar-refractivity contribution in [2.45, 2.75) is 33.4 Å². The van der Waals surface area contributed by atoms with Gasteiger partial charge in [-0.15, -0.1) is 11.3 Å². The Hall–Kier alpha value is -1.81. The minimum Gasteiger partial charge on any atom is -0.379 e. The summed E-state index contributed by atoms with van der Waals surface area (Å²) in [4.78, 5) is 4.49. The molecule has 104 valence electrons. The number of aromatic nitrogens is 2. The maximum absolute atomic E-state index is 4.49. The van der Waals surface area contributed by atoms with Gasteiger partial charge in [-0.05, 0) is 43.7 Å². The Morgan fingerprint density at radius 3 is 3.05 bits per heavy atom. The Balaban J connectivity index is 1.74. The van der Waals surface area contributed by atoms with Crippen LogP contribution in [0.5, 0.6) is 0 Å². The summed E-state index contributed by atoms with van der Waals surface area (Å²) in [6.45, 7) is 6.19. The molecule has 1 aromatic carbocycles. The summed E-state index contributed by atoms with van der Waals surface area (Å²) in [5.74, 6) is 0. The van der Waals surface area contributed by atoms with E-state index in [0.717, 1.165) is 35.7 Å². The van der Waals surface area contributed by atoms with Crippen molar-refractivity contribution in [3.8, 4) is 0 Å². The fourth-order valence-corrected chi connectivity index (χ4v) is 3.28. The molecule has 0 radical (unpaired) electrons. The summed E-state index contributed by atoms with van der Waals surface area (Å²) in [5.41, 5.74) is 3.57. The first-order valence-corrected chi connectivity index (χ1v) is 7.83. The number of nitrogens with one attached hydrogen (secondary N) is 1. The first kappa shape index (κ1) is 13.2. The highest BCUT2D eigenvalue weighted by molar-refractivity contribution is 7.18. The molecule has 3 nitrogen and oxygen atoms in total. The Bertz CT molecular complexity index is 711. The van der Waals surface area contributed by atoms with Crippen LogP contribution in [0.3, 0.4) is 0 Å². The van der Waals surface area contributed by atoms with Crippen LogP contribution in [0.2, 0.25) is 0 Å². The summed E-state index contributed by atoms with van der Waals surface area (Å²) in [5, 5.41) is 4.62. The first-order chi connectivity index (χ1) is 9.76. The van der Waals surface area contributed by atoms with Gasteiger partial charge in [-0.2, -0.15) is 0 Å². The van der Waals surface area contributed by atoms with Gasteiger partial charge in [-0.1, -0.05) is 6.92 Å². The second kappa shape index (κ2) is 5.67. The third-order valence-corrected chi connectivity index (χ3v) is 4.29. The zero-order valence-corrected chi connectivity index (χ0v) is 12.7.